The largest absolute Gasteiger partial charge is 0.444 e. The zero-order valence-electron chi connectivity index (χ0n) is 10.8. The van der Waals surface area contributed by atoms with Crippen molar-refractivity contribution in [1.29, 1.82) is 0 Å². The fraction of sp³-hybridized carbons (Fsp3) is 0.917. The van der Waals surface area contributed by atoms with Crippen LogP contribution in [0, 0.1) is 11.8 Å². The van der Waals surface area contributed by atoms with Crippen LogP contribution in [0.3, 0.4) is 0 Å². The predicted octanol–water partition coefficient (Wildman–Crippen LogP) is 0.890. The molecule has 0 aromatic rings. The van der Waals surface area contributed by atoms with Crippen molar-refractivity contribution in [2.24, 2.45) is 11.8 Å². The summed E-state index contributed by atoms with van der Waals surface area (Å²) in [6, 6.07) is -0.0147. The van der Waals surface area contributed by atoms with Crippen LogP contribution in [0.2, 0.25) is 0 Å². The van der Waals surface area contributed by atoms with E-state index in [-0.39, 0.29) is 31.1 Å². The molecule has 1 rings (SSSR count). The Morgan fingerprint density at radius 2 is 1.71 bits per heavy atom. The number of hydrogen-bond acceptors (Lipinski definition) is 4. The fourth-order valence-electron chi connectivity index (χ4n) is 2.25. The number of nitrogens with one attached hydrogen (secondary N) is 1. The molecular weight excluding hydrogens is 222 g/mol. The van der Waals surface area contributed by atoms with Gasteiger partial charge in [0.05, 0.1) is 0 Å². The second-order valence-corrected chi connectivity index (χ2v) is 5.70. The highest BCUT2D eigenvalue weighted by molar-refractivity contribution is 5.68. The van der Waals surface area contributed by atoms with Gasteiger partial charge in [-0.2, -0.15) is 0 Å². The maximum atomic E-state index is 11.5. The fourth-order valence-corrected chi connectivity index (χ4v) is 2.25. The SMILES string of the molecule is CC(C)(C)OC(=O)NC1C[C@H](CO)[C@@H](CO)C1. The topological polar surface area (TPSA) is 78.8 Å². The number of carbonyl (C=O) groups excluding carboxylic acids is 1. The second kappa shape index (κ2) is 5.69. The van der Waals surface area contributed by atoms with Crippen LogP contribution in [0.15, 0.2) is 0 Å². The molecule has 3 N–H and O–H groups in total. The van der Waals surface area contributed by atoms with Crippen LogP contribution in [-0.2, 0) is 4.74 Å². The minimum absolute atomic E-state index is 0.0147. The van der Waals surface area contributed by atoms with Crippen molar-refractivity contribution in [3.8, 4) is 0 Å². The van der Waals surface area contributed by atoms with Gasteiger partial charge in [-0.25, -0.2) is 4.79 Å². The van der Waals surface area contributed by atoms with Gasteiger partial charge in [0, 0.05) is 19.3 Å². The number of carbonyl (C=O) groups is 1. The molecule has 0 aliphatic heterocycles. The Kier molecular flexibility index (Phi) is 4.77. The Morgan fingerprint density at radius 3 is 2.06 bits per heavy atom. The third-order valence-electron chi connectivity index (χ3n) is 3.03. The quantitative estimate of drug-likeness (QED) is 0.690. The molecule has 0 bridgehead atoms. The van der Waals surface area contributed by atoms with Gasteiger partial charge >= 0.3 is 6.09 Å². The van der Waals surface area contributed by atoms with E-state index < -0.39 is 11.7 Å². The first-order valence-electron chi connectivity index (χ1n) is 6.07. The Bertz CT molecular complexity index is 250. The predicted molar refractivity (Wildman–Crippen MR) is 63.5 cm³/mol. The molecule has 0 heterocycles. The molecule has 0 unspecified atom stereocenters. The van der Waals surface area contributed by atoms with E-state index in [1.54, 1.807) is 0 Å². The summed E-state index contributed by atoms with van der Waals surface area (Å²) >= 11 is 0. The Hall–Kier alpha value is -0.810. The van der Waals surface area contributed by atoms with Gasteiger partial charge in [-0.05, 0) is 45.4 Å². The van der Waals surface area contributed by atoms with Crippen LogP contribution in [0.25, 0.3) is 0 Å². The highest BCUT2D eigenvalue weighted by atomic mass is 16.6. The average Bonchev–Trinajstić information content (AvgIpc) is 2.56. The number of aliphatic hydroxyl groups excluding tert-OH is 2. The van der Waals surface area contributed by atoms with Crippen LogP contribution in [0.5, 0.6) is 0 Å². The minimum atomic E-state index is -0.505. The summed E-state index contributed by atoms with van der Waals surface area (Å²) in [5, 5.41) is 21.1. The number of amides is 1. The van der Waals surface area contributed by atoms with Crippen LogP contribution in [0.4, 0.5) is 4.79 Å². The lowest BCUT2D eigenvalue weighted by Crippen LogP contribution is -2.38. The summed E-state index contributed by atoms with van der Waals surface area (Å²) in [5.41, 5.74) is -0.505. The van der Waals surface area contributed by atoms with E-state index in [1.165, 1.54) is 0 Å². The van der Waals surface area contributed by atoms with E-state index in [2.05, 4.69) is 5.32 Å². The van der Waals surface area contributed by atoms with E-state index in [9.17, 15) is 4.79 Å². The minimum Gasteiger partial charge on any atom is -0.444 e. The highest BCUT2D eigenvalue weighted by Crippen LogP contribution is 2.31. The Labute approximate surface area is 102 Å². The average molecular weight is 245 g/mol. The third kappa shape index (κ3) is 4.52. The molecule has 0 spiro atoms. The van der Waals surface area contributed by atoms with Crippen molar-refractivity contribution in [1.82, 2.24) is 5.32 Å². The first-order valence-corrected chi connectivity index (χ1v) is 6.07. The molecule has 1 aliphatic rings. The van der Waals surface area contributed by atoms with Crippen molar-refractivity contribution in [3.63, 3.8) is 0 Å². The normalized spacial score (nSPS) is 25.9. The van der Waals surface area contributed by atoms with Gasteiger partial charge in [-0.15, -0.1) is 0 Å². The molecule has 0 aromatic carbocycles. The van der Waals surface area contributed by atoms with Gasteiger partial charge in [0.2, 0.25) is 0 Å². The van der Waals surface area contributed by atoms with E-state index in [4.69, 9.17) is 14.9 Å². The van der Waals surface area contributed by atoms with Gasteiger partial charge < -0.3 is 20.3 Å². The number of alkyl carbamates (subject to hydrolysis) is 1. The summed E-state index contributed by atoms with van der Waals surface area (Å²) in [4.78, 5) is 11.5. The molecule has 100 valence electrons. The van der Waals surface area contributed by atoms with Crippen molar-refractivity contribution in [3.05, 3.63) is 0 Å². The summed E-state index contributed by atoms with van der Waals surface area (Å²) in [6.07, 6.45) is 0.958. The van der Waals surface area contributed by atoms with Crippen molar-refractivity contribution in [2.75, 3.05) is 13.2 Å². The van der Waals surface area contributed by atoms with Crippen molar-refractivity contribution in [2.45, 2.75) is 45.3 Å². The zero-order valence-corrected chi connectivity index (χ0v) is 10.8. The molecule has 17 heavy (non-hydrogen) atoms. The molecular formula is C12H23NO4. The van der Waals surface area contributed by atoms with Crippen LogP contribution in [0.1, 0.15) is 33.6 Å². The van der Waals surface area contributed by atoms with Crippen molar-refractivity contribution < 1.29 is 19.7 Å². The summed E-state index contributed by atoms with van der Waals surface area (Å²) in [6.45, 7) is 5.55. The van der Waals surface area contributed by atoms with Gasteiger partial charge in [0.15, 0.2) is 0 Å². The van der Waals surface area contributed by atoms with Crippen LogP contribution >= 0.6 is 0 Å². The summed E-state index contributed by atoms with van der Waals surface area (Å²) in [5.74, 6) is 0.139. The van der Waals surface area contributed by atoms with Gasteiger partial charge in [-0.3, -0.25) is 0 Å². The first kappa shape index (κ1) is 14.3. The standard InChI is InChI=1S/C12H23NO4/c1-12(2,3)17-11(16)13-10-4-8(6-14)9(5-10)7-15/h8-10,14-15H,4-7H2,1-3H3,(H,13,16)/t8-,9-/m1/s1. The molecule has 1 fully saturated rings. The molecule has 1 saturated carbocycles. The smallest absolute Gasteiger partial charge is 0.407 e. The van der Waals surface area contributed by atoms with Crippen LogP contribution in [-0.4, -0.2) is 41.2 Å². The lowest BCUT2D eigenvalue weighted by molar-refractivity contribution is 0.0502. The molecule has 0 saturated heterocycles. The molecule has 1 aliphatic carbocycles. The third-order valence-corrected chi connectivity index (χ3v) is 3.03. The zero-order chi connectivity index (χ0) is 13.1. The molecule has 0 radical (unpaired) electrons. The monoisotopic (exact) mass is 245 g/mol. The van der Waals surface area contributed by atoms with E-state index in [1.807, 2.05) is 20.8 Å². The van der Waals surface area contributed by atoms with E-state index in [0.29, 0.717) is 12.8 Å². The molecule has 2 atom stereocenters. The maximum absolute atomic E-state index is 11.5. The molecule has 1 amide bonds. The molecule has 5 heteroatoms. The van der Waals surface area contributed by atoms with Gasteiger partial charge in [0.25, 0.3) is 0 Å². The Morgan fingerprint density at radius 1 is 1.24 bits per heavy atom. The first-order chi connectivity index (χ1) is 7.85. The number of rotatable bonds is 3. The maximum Gasteiger partial charge on any atom is 0.407 e. The number of hydrogen-bond donors (Lipinski definition) is 3. The number of aliphatic hydroxyl groups is 2. The molecule has 0 aromatic heterocycles. The van der Waals surface area contributed by atoms with E-state index >= 15 is 0 Å². The molecule has 5 nitrogen and oxygen atoms in total. The van der Waals surface area contributed by atoms with E-state index in [0.717, 1.165) is 0 Å². The number of ether oxygens (including phenoxy) is 1. The summed E-state index contributed by atoms with van der Waals surface area (Å²) < 4.78 is 5.16. The second-order valence-electron chi connectivity index (χ2n) is 5.70. The highest BCUT2D eigenvalue weighted by Gasteiger charge is 2.34. The van der Waals surface area contributed by atoms with Crippen LogP contribution < -0.4 is 5.32 Å². The van der Waals surface area contributed by atoms with Gasteiger partial charge in [-0.1, -0.05) is 0 Å². The van der Waals surface area contributed by atoms with Gasteiger partial charge in [0.1, 0.15) is 5.60 Å². The lowest BCUT2D eigenvalue weighted by atomic mass is 9.98. The Balaban J connectivity index is 2.41. The van der Waals surface area contributed by atoms with Crippen molar-refractivity contribution >= 4 is 6.09 Å². The summed E-state index contributed by atoms with van der Waals surface area (Å²) in [7, 11) is 0. The lowest BCUT2D eigenvalue weighted by Gasteiger charge is -2.21.